The average molecular weight is 438 g/mol. The zero-order chi connectivity index (χ0) is 19.8. The number of hydrogen-bond donors (Lipinski definition) is 2. The van der Waals surface area contributed by atoms with Gasteiger partial charge >= 0.3 is 0 Å². The third-order valence-corrected chi connectivity index (χ3v) is 5.03. The Hall–Kier alpha value is -3.29. The Morgan fingerprint density at radius 3 is 2.80 bits per heavy atom. The summed E-state index contributed by atoms with van der Waals surface area (Å²) >= 11 is 6.09. The molecule has 150 valence electrons. The van der Waals surface area contributed by atoms with Crippen molar-refractivity contribution >= 4 is 51.9 Å². The summed E-state index contributed by atoms with van der Waals surface area (Å²) < 4.78 is 0. The zero-order valence-corrected chi connectivity index (χ0v) is 17.4. The van der Waals surface area contributed by atoms with Crippen molar-refractivity contribution in [2.45, 2.75) is 13.0 Å². The molecular weight excluding hydrogens is 421 g/mol. The van der Waals surface area contributed by atoms with E-state index in [1.54, 1.807) is 6.20 Å². The van der Waals surface area contributed by atoms with Crippen LogP contribution in [0.25, 0.3) is 33.2 Å². The fourth-order valence-corrected chi connectivity index (χ4v) is 3.50. The van der Waals surface area contributed by atoms with E-state index in [1.807, 2.05) is 55.6 Å². The molecule has 0 spiro atoms. The molecular formula is C21H17Cl2N7. The molecule has 3 heterocycles. The second kappa shape index (κ2) is 8.22. The van der Waals surface area contributed by atoms with Crippen LogP contribution in [-0.4, -0.2) is 30.1 Å². The Morgan fingerprint density at radius 1 is 1.03 bits per heavy atom. The van der Waals surface area contributed by atoms with Crippen LogP contribution in [-0.2, 0) is 0 Å². The molecule has 1 atom stereocenters. The number of halogens is 2. The number of H-pyrrole nitrogens is 1. The van der Waals surface area contributed by atoms with Crippen LogP contribution in [0.5, 0.6) is 0 Å². The maximum atomic E-state index is 6.09. The number of benzene rings is 2. The molecule has 0 aliphatic heterocycles. The Kier molecular flexibility index (Phi) is 5.48. The highest BCUT2D eigenvalue weighted by atomic mass is 35.5. The molecule has 0 bridgehead atoms. The predicted octanol–water partition coefficient (Wildman–Crippen LogP) is 5.21. The summed E-state index contributed by atoms with van der Waals surface area (Å²) in [7, 11) is 0. The van der Waals surface area contributed by atoms with E-state index < -0.39 is 0 Å². The summed E-state index contributed by atoms with van der Waals surface area (Å²) in [5.41, 5.74) is 4.41. The minimum atomic E-state index is 0. The molecule has 0 radical (unpaired) electrons. The number of fused-ring (bicyclic) bond motifs is 2. The monoisotopic (exact) mass is 437 g/mol. The summed E-state index contributed by atoms with van der Waals surface area (Å²) in [5.74, 6) is 0.567. The van der Waals surface area contributed by atoms with Crippen molar-refractivity contribution in [3.05, 3.63) is 71.8 Å². The maximum Gasteiger partial charge on any atom is 0.223 e. The quantitative estimate of drug-likeness (QED) is 0.400. The SMILES string of the molecule is CC(Nc1ncc2cc(-c3ncnc4[nH]ncc34)ccc2n1)c1cccc(Cl)c1.Cl. The van der Waals surface area contributed by atoms with Crippen LogP contribution >= 0.6 is 24.0 Å². The second-order valence-corrected chi connectivity index (χ2v) is 7.18. The molecule has 5 aromatic rings. The third-order valence-electron chi connectivity index (χ3n) is 4.80. The Morgan fingerprint density at radius 2 is 1.93 bits per heavy atom. The number of rotatable bonds is 4. The lowest BCUT2D eigenvalue weighted by Gasteiger charge is -2.15. The molecule has 0 aliphatic carbocycles. The van der Waals surface area contributed by atoms with Gasteiger partial charge in [0.25, 0.3) is 0 Å². The molecule has 7 nitrogen and oxygen atoms in total. The van der Waals surface area contributed by atoms with Crippen molar-refractivity contribution < 1.29 is 0 Å². The largest absolute Gasteiger partial charge is 0.348 e. The van der Waals surface area contributed by atoms with Gasteiger partial charge in [-0.2, -0.15) is 5.10 Å². The van der Waals surface area contributed by atoms with Gasteiger partial charge in [-0.1, -0.05) is 29.8 Å². The van der Waals surface area contributed by atoms with E-state index in [2.05, 4.69) is 35.5 Å². The minimum Gasteiger partial charge on any atom is -0.348 e. The highest BCUT2D eigenvalue weighted by molar-refractivity contribution is 6.30. The van der Waals surface area contributed by atoms with Gasteiger partial charge in [0.05, 0.1) is 28.8 Å². The minimum absolute atomic E-state index is 0. The Labute approximate surface area is 183 Å². The lowest BCUT2D eigenvalue weighted by atomic mass is 10.1. The molecule has 30 heavy (non-hydrogen) atoms. The number of hydrogen-bond acceptors (Lipinski definition) is 6. The number of aromatic nitrogens is 6. The molecule has 0 saturated carbocycles. The zero-order valence-electron chi connectivity index (χ0n) is 15.9. The van der Waals surface area contributed by atoms with Gasteiger partial charge in [-0.25, -0.2) is 19.9 Å². The van der Waals surface area contributed by atoms with Crippen LogP contribution < -0.4 is 5.32 Å². The Bertz CT molecular complexity index is 1340. The first-order chi connectivity index (χ1) is 14.2. The van der Waals surface area contributed by atoms with Crippen molar-refractivity contribution in [1.29, 1.82) is 0 Å². The fourth-order valence-electron chi connectivity index (χ4n) is 3.30. The first-order valence-corrected chi connectivity index (χ1v) is 9.48. The molecule has 9 heteroatoms. The smallest absolute Gasteiger partial charge is 0.223 e. The lowest BCUT2D eigenvalue weighted by Crippen LogP contribution is -2.09. The van der Waals surface area contributed by atoms with Crippen molar-refractivity contribution in [2.75, 3.05) is 5.32 Å². The molecule has 2 aromatic carbocycles. The predicted molar refractivity (Wildman–Crippen MR) is 121 cm³/mol. The molecule has 2 N–H and O–H groups in total. The number of aromatic amines is 1. The van der Waals surface area contributed by atoms with Gasteiger partial charge < -0.3 is 5.32 Å². The van der Waals surface area contributed by atoms with E-state index in [1.165, 1.54) is 6.33 Å². The number of nitrogens with zero attached hydrogens (tertiary/aromatic N) is 5. The molecule has 0 aliphatic rings. The van der Waals surface area contributed by atoms with Crippen LogP contribution in [0.2, 0.25) is 5.02 Å². The molecule has 1 unspecified atom stereocenters. The standard InChI is InChI=1S/C21H16ClN7.ClH/c1-12(13-3-2-4-16(22)8-13)27-21-23-9-15-7-14(5-6-18(15)28-21)19-17-10-26-29-20(17)25-11-24-19;/h2-12H,1H3,(H,23,27,28)(H,24,25,26,29);1H. The second-order valence-electron chi connectivity index (χ2n) is 6.74. The summed E-state index contributed by atoms with van der Waals surface area (Å²) in [4.78, 5) is 17.7. The van der Waals surface area contributed by atoms with Crippen molar-refractivity contribution in [1.82, 2.24) is 30.1 Å². The van der Waals surface area contributed by atoms with E-state index in [4.69, 9.17) is 11.6 Å². The van der Waals surface area contributed by atoms with Crippen LogP contribution in [0.3, 0.4) is 0 Å². The third kappa shape index (κ3) is 3.77. The van der Waals surface area contributed by atoms with Crippen molar-refractivity contribution in [3.63, 3.8) is 0 Å². The van der Waals surface area contributed by atoms with Crippen LogP contribution in [0.4, 0.5) is 5.95 Å². The Balaban J connectivity index is 0.00000218. The van der Waals surface area contributed by atoms with E-state index in [-0.39, 0.29) is 18.4 Å². The van der Waals surface area contributed by atoms with Gasteiger partial charge in [0.1, 0.15) is 6.33 Å². The normalized spacial score (nSPS) is 11.9. The first-order valence-electron chi connectivity index (χ1n) is 9.10. The highest BCUT2D eigenvalue weighted by Gasteiger charge is 2.11. The van der Waals surface area contributed by atoms with Gasteiger partial charge in [-0.3, -0.25) is 5.10 Å². The molecule has 0 amide bonds. The van der Waals surface area contributed by atoms with Gasteiger partial charge in [0, 0.05) is 22.2 Å². The number of nitrogens with one attached hydrogen (secondary N) is 2. The van der Waals surface area contributed by atoms with Crippen molar-refractivity contribution in [3.8, 4) is 11.3 Å². The summed E-state index contributed by atoms with van der Waals surface area (Å²) in [6, 6.07) is 13.8. The van der Waals surface area contributed by atoms with Gasteiger partial charge in [-0.15, -0.1) is 12.4 Å². The van der Waals surface area contributed by atoms with Crippen molar-refractivity contribution in [2.24, 2.45) is 0 Å². The summed E-state index contributed by atoms with van der Waals surface area (Å²) in [6.07, 6.45) is 5.07. The van der Waals surface area contributed by atoms with Crippen LogP contribution in [0.1, 0.15) is 18.5 Å². The van der Waals surface area contributed by atoms with Gasteiger partial charge in [0.15, 0.2) is 5.65 Å². The van der Waals surface area contributed by atoms with Gasteiger partial charge in [0.2, 0.25) is 5.95 Å². The summed E-state index contributed by atoms with van der Waals surface area (Å²) in [5, 5.41) is 12.8. The lowest BCUT2D eigenvalue weighted by molar-refractivity contribution is 0.864. The van der Waals surface area contributed by atoms with Gasteiger partial charge in [-0.05, 0) is 36.8 Å². The molecule has 0 saturated heterocycles. The van der Waals surface area contributed by atoms with E-state index >= 15 is 0 Å². The molecule has 0 fully saturated rings. The molecule has 5 rings (SSSR count). The topological polar surface area (TPSA) is 92.3 Å². The number of anilines is 1. The fraction of sp³-hybridized carbons (Fsp3) is 0.0952. The van der Waals surface area contributed by atoms with Crippen LogP contribution in [0.15, 0.2) is 61.2 Å². The average Bonchev–Trinajstić information content (AvgIpc) is 3.22. The van der Waals surface area contributed by atoms with E-state index in [0.717, 1.165) is 33.1 Å². The highest BCUT2D eigenvalue weighted by Crippen LogP contribution is 2.27. The first kappa shape index (κ1) is 20.0. The van der Waals surface area contributed by atoms with E-state index in [9.17, 15) is 0 Å². The summed E-state index contributed by atoms with van der Waals surface area (Å²) in [6.45, 7) is 2.05. The maximum absolute atomic E-state index is 6.09. The van der Waals surface area contributed by atoms with E-state index in [0.29, 0.717) is 16.6 Å². The molecule has 3 aromatic heterocycles. The van der Waals surface area contributed by atoms with Crippen LogP contribution in [0, 0.1) is 0 Å².